The highest BCUT2D eigenvalue weighted by atomic mass is 35.5. The quantitative estimate of drug-likeness (QED) is 0.590. The van der Waals surface area contributed by atoms with Gasteiger partial charge in [-0.15, -0.1) is 11.6 Å². The third kappa shape index (κ3) is 3.63. The van der Waals surface area contributed by atoms with E-state index in [9.17, 15) is 18.3 Å². The van der Waals surface area contributed by atoms with Crippen LogP contribution >= 0.6 is 11.6 Å². The summed E-state index contributed by atoms with van der Waals surface area (Å²) in [6.07, 6.45) is 0.149. The number of benzene rings is 2. The number of fused-ring (bicyclic) bond motifs is 1. The molecule has 0 aliphatic heterocycles. The van der Waals surface area contributed by atoms with Crippen LogP contribution in [-0.4, -0.2) is 29.9 Å². The van der Waals surface area contributed by atoms with E-state index in [0.717, 1.165) is 6.07 Å². The molecular weight excluding hydrogens is 318 g/mol. The average molecular weight is 330 g/mol. The highest BCUT2D eigenvalue weighted by Crippen LogP contribution is 2.30. The molecule has 0 bridgehead atoms. The van der Waals surface area contributed by atoms with Gasteiger partial charge in [0.2, 0.25) is 5.91 Å². The Bertz CT molecular complexity index is 804. The smallest absolute Gasteiger partial charge is 0.294 e. The van der Waals surface area contributed by atoms with Gasteiger partial charge in [0.25, 0.3) is 10.1 Å². The Morgan fingerprint density at radius 2 is 1.95 bits per heavy atom. The fourth-order valence-electron chi connectivity index (χ4n) is 1.86. The lowest BCUT2D eigenvalue weighted by Gasteiger charge is -2.08. The second-order valence-corrected chi connectivity index (χ2v) is 6.14. The maximum Gasteiger partial charge on any atom is 0.294 e. The number of hydrogen-bond acceptors (Lipinski definition) is 4. The van der Waals surface area contributed by atoms with Crippen molar-refractivity contribution in [2.75, 3.05) is 11.2 Å². The minimum Gasteiger partial charge on any atom is -0.507 e. The first kappa shape index (κ1) is 15.6. The van der Waals surface area contributed by atoms with Crippen LogP contribution in [0.1, 0.15) is 6.42 Å². The monoisotopic (exact) mass is 329 g/mol. The molecule has 0 heterocycles. The van der Waals surface area contributed by atoms with Crippen LogP contribution < -0.4 is 5.32 Å². The summed E-state index contributed by atoms with van der Waals surface area (Å²) in [7, 11) is -4.43. The van der Waals surface area contributed by atoms with E-state index in [0.29, 0.717) is 16.5 Å². The van der Waals surface area contributed by atoms with E-state index in [1.807, 2.05) is 0 Å². The maximum atomic E-state index is 11.5. The number of amides is 1. The fourth-order valence-corrected chi connectivity index (χ4v) is 2.57. The lowest BCUT2D eigenvalue weighted by atomic mass is 10.1. The van der Waals surface area contributed by atoms with E-state index in [1.54, 1.807) is 6.07 Å². The zero-order valence-electron chi connectivity index (χ0n) is 10.7. The van der Waals surface area contributed by atoms with Crippen LogP contribution in [0.5, 0.6) is 5.75 Å². The highest BCUT2D eigenvalue weighted by molar-refractivity contribution is 7.85. The summed E-state index contributed by atoms with van der Waals surface area (Å²) in [6, 6.07) is 6.77. The molecule has 3 N–H and O–H groups in total. The fraction of sp³-hybridized carbons (Fsp3) is 0.154. The predicted octanol–water partition coefficient (Wildman–Crippen LogP) is 2.36. The van der Waals surface area contributed by atoms with Crippen LogP contribution in [0.4, 0.5) is 5.69 Å². The summed E-state index contributed by atoms with van der Waals surface area (Å²) >= 11 is 5.46. The molecule has 0 saturated carbocycles. The van der Waals surface area contributed by atoms with Crippen molar-refractivity contribution in [1.29, 1.82) is 0 Å². The Hall–Kier alpha value is -1.83. The molecule has 0 radical (unpaired) electrons. The molecule has 21 heavy (non-hydrogen) atoms. The van der Waals surface area contributed by atoms with Gasteiger partial charge in [-0.3, -0.25) is 9.35 Å². The summed E-state index contributed by atoms with van der Waals surface area (Å²) in [4.78, 5) is 11.0. The Kier molecular flexibility index (Phi) is 4.36. The predicted molar refractivity (Wildman–Crippen MR) is 79.4 cm³/mol. The van der Waals surface area contributed by atoms with Gasteiger partial charge in [-0.25, -0.2) is 0 Å². The van der Waals surface area contributed by atoms with E-state index >= 15 is 0 Å². The number of nitrogens with one attached hydrogen (secondary N) is 1. The van der Waals surface area contributed by atoms with Crippen molar-refractivity contribution < 1.29 is 22.9 Å². The number of carbonyl (C=O) groups excluding carboxylic acids is 1. The van der Waals surface area contributed by atoms with Crippen molar-refractivity contribution in [3.63, 3.8) is 0 Å². The number of aromatic hydroxyl groups is 1. The van der Waals surface area contributed by atoms with Gasteiger partial charge in [-0.05, 0) is 29.7 Å². The third-order valence-corrected chi connectivity index (χ3v) is 3.83. The van der Waals surface area contributed by atoms with E-state index in [-0.39, 0.29) is 24.0 Å². The first-order chi connectivity index (χ1) is 9.81. The summed E-state index contributed by atoms with van der Waals surface area (Å²) in [5.74, 6) is -0.370. The largest absolute Gasteiger partial charge is 0.507 e. The van der Waals surface area contributed by atoms with Crippen LogP contribution in [-0.2, 0) is 14.9 Å². The zero-order valence-corrected chi connectivity index (χ0v) is 12.3. The van der Waals surface area contributed by atoms with Gasteiger partial charge in [0.15, 0.2) is 0 Å². The number of phenols is 1. The number of phenolic OH excluding ortho intramolecular Hbond substituents is 1. The van der Waals surface area contributed by atoms with Gasteiger partial charge in [0.1, 0.15) is 5.75 Å². The molecule has 0 spiro atoms. The summed E-state index contributed by atoms with van der Waals surface area (Å²) < 4.78 is 31.3. The van der Waals surface area contributed by atoms with Crippen molar-refractivity contribution in [1.82, 2.24) is 0 Å². The minimum atomic E-state index is -4.43. The molecule has 2 aromatic rings. The van der Waals surface area contributed by atoms with Crippen LogP contribution in [0.2, 0.25) is 0 Å². The molecule has 0 fully saturated rings. The lowest BCUT2D eigenvalue weighted by molar-refractivity contribution is -0.115. The summed E-state index contributed by atoms with van der Waals surface area (Å²) in [5, 5.41) is 13.2. The first-order valence-electron chi connectivity index (χ1n) is 5.91. The number of rotatable bonds is 4. The van der Waals surface area contributed by atoms with E-state index in [2.05, 4.69) is 5.32 Å². The Labute approximate surface area is 126 Å². The van der Waals surface area contributed by atoms with Crippen molar-refractivity contribution in [3.8, 4) is 5.75 Å². The van der Waals surface area contributed by atoms with Crippen molar-refractivity contribution >= 4 is 44.1 Å². The topological polar surface area (TPSA) is 104 Å². The molecule has 0 aromatic heterocycles. The molecule has 0 atom stereocenters. The molecule has 0 aliphatic carbocycles. The molecule has 2 rings (SSSR count). The van der Waals surface area contributed by atoms with Crippen LogP contribution in [0.25, 0.3) is 10.8 Å². The van der Waals surface area contributed by atoms with E-state index < -0.39 is 15.0 Å². The van der Waals surface area contributed by atoms with Gasteiger partial charge < -0.3 is 10.4 Å². The minimum absolute atomic E-state index is 0.149. The van der Waals surface area contributed by atoms with Crippen LogP contribution in [0.3, 0.4) is 0 Å². The van der Waals surface area contributed by atoms with Gasteiger partial charge in [-0.2, -0.15) is 8.42 Å². The lowest BCUT2D eigenvalue weighted by Crippen LogP contribution is -2.11. The Morgan fingerprint density at radius 3 is 2.57 bits per heavy atom. The van der Waals surface area contributed by atoms with E-state index in [4.69, 9.17) is 16.2 Å². The molecule has 0 unspecified atom stereocenters. The SMILES string of the molecule is O=C(CCCl)Nc1ccc2c(O)cc(S(=O)(=O)O)cc2c1. The second kappa shape index (κ2) is 5.88. The normalized spacial score (nSPS) is 11.5. The third-order valence-electron chi connectivity index (χ3n) is 2.81. The van der Waals surface area contributed by atoms with Crippen LogP contribution in [0, 0.1) is 0 Å². The first-order valence-corrected chi connectivity index (χ1v) is 7.89. The number of hydrogen-bond donors (Lipinski definition) is 3. The number of carbonyl (C=O) groups is 1. The van der Waals surface area contributed by atoms with Crippen molar-refractivity contribution in [3.05, 3.63) is 30.3 Å². The second-order valence-electron chi connectivity index (χ2n) is 4.34. The zero-order chi connectivity index (χ0) is 15.6. The van der Waals surface area contributed by atoms with Crippen molar-refractivity contribution in [2.24, 2.45) is 0 Å². The molecule has 1 amide bonds. The molecule has 2 aromatic carbocycles. The van der Waals surface area contributed by atoms with Gasteiger partial charge in [0, 0.05) is 29.4 Å². The Morgan fingerprint density at radius 1 is 1.24 bits per heavy atom. The molecular formula is C13H12ClNO5S. The maximum absolute atomic E-state index is 11.5. The Balaban J connectivity index is 2.48. The standard InChI is InChI=1S/C13H12ClNO5S/c14-4-3-13(17)15-9-1-2-11-8(5-9)6-10(7-12(11)16)21(18,19)20/h1-2,5-7,16H,3-4H2,(H,15,17)(H,18,19,20). The number of halogens is 1. The summed E-state index contributed by atoms with van der Waals surface area (Å²) in [5.41, 5.74) is 0.435. The molecule has 112 valence electrons. The molecule has 0 saturated heterocycles. The molecule has 8 heteroatoms. The molecule has 6 nitrogen and oxygen atoms in total. The molecule has 0 aliphatic rings. The summed E-state index contributed by atoms with van der Waals surface area (Å²) in [6.45, 7) is 0. The van der Waals surface area contributed by atoms with E-state index in [1.165, 1.54) is 18.2 Å². The number of alkyl halides is 1. The van der Waals surface area contributed by atoms with Crippen molar-refractivity contribution in [2.45, 2.75) is 11.3 Å². The highest BCUT2D eigenvalue weighted by Gasteiger charge is 2.13. The van der Waals surface area contributed by atoms with Gasteiger partial charge in [-0.1, -0.05) is 0 Å². The van der Waals surface area contributed by atoms with Gasteiger partial charge >= 0.3 is 0 Å². The van der Waals surface area contributed by atoms with Gasteiger partial charge in [0.05, 0.1) is 4.90 Å². The number of anilines is 1. The van der Waals surface area contributed by atoms with Crippen LogP contribution in [0.15, 0.2) is 35.2 Å². The average Bonchev–Trinajstić information content (AvgIpc) is 2.37.